The van der Waals surface area contributed by atoms with Crippen LogP contribution in [0.5, 0.6) is 0 Å². The molecule has 510 valence electrons. The van der Waals surface area contributed by atoms with E-state index in [4.69, 9.17) is 80.0 Å². The number of anilines is 2. The number of rotatable bonds is 38. The number of alkyl carbamates (subject to hydrolysis) is 2. The summed E-state index contributed by atoms with van der Waals surface area (Å²) in [7, 11) is -14.5. The largest absolute Gasteiger partial charge is 0.490 e. The van der Waals surface area contributed by atoms with Gasteiger partial charge in [0.15, 0.2) is 5.78 Å². The maximum atomic E-state index is 13.4. The number of phosphoric ester groups is 1. The zero-order valence-electron chi connectivity index (χ0n) is 50.5. The number of carbonyl (C=O) groups is 4. The lowest BCUT2D eigenvalue weighted by molar-refractivity contribution is -0.0544. The smallest absolute Gasteiger partial charge is 0.478 e. The monoisotopic (exact) mass is 1440 g/mol. The van der Waals surface area contributed by atoms with Crippen LogP contribution in [-0.4, -0.2) is 159 Å². The van der Waals surface area contributed by atoms with Gasteiger partial charge in [-0.2, -0.15) is 13.6 Å². The fourth-order valence-electron chi connectivity index (χ4n) is 8.57. The van der Waals surface area contributed by atoms with E-state index in [0.29, 0.717) is 88.7 Å². The highest BCUT2D eigenvalue weighted by Gasteiger charge is 2.44. The number of hydrogen-bond donors (Lipinski definition) is 10. The minimum atomic E-state index is -5.80. The number of amides is 2. The van der Waals surface area contributed by atoms with Gasteiger partial charge in [-0.25, -0.2) is 32.9 Å². The number of ketones is 1. The van der Waals surface area contributed by atoms with Crippen molar-refractivity contribution >= 4 is 112 Å². The third kappa shape index (κ3) is 25.8. The summed E-state index contributed by atoms with van der Waals surface area (Å²) in [6, 6.07) is 14.4. The molecular formula is C55H72N7O24P3S4. The number of nitrogens with one attached hydrogen (secondary N) is 3. The van der Waals surface area contributed by atoms with E-state index in [1.165, 1.54) is 35.2 Å². The molecule has 1 saturated heterocycles. The molecule has 3 aliphatic rings. The molecule has 2 aliphatic heterocycles. The Kier molecular flexibility index (Phi) is 29.9. The van der Waals surface area contributed by atoms with E-state index >= 15 is 0 Å². The van der Waals surface area contributed by atoms with Gasteiger partial charge in [0.25, 0.3) is 0 Å². The number of hydrogen-bond acceptors (Lipinski definition) is 26. The normalized spacial score (nSPS) is 16.6. The minimum absolute atomic E-state index is 0.00265. The Morgan fingerprint density at radius 1 is 0.882 bits per heavy atom. The highest BCUT2D eigenvalue weighted by atomic mass is 33.1. The minimum Gasteiger partial charge on any atom is -0.478 e. The molecule has 3 aromatic rings. The van der Waals surface area contributed by atoms with Crippen LogP contribution in [0.2, 0.25) is 0 Å². The number of phosphoric acid groups is 3. The first-order valence-electron chi connectivity index (χ1n) is 28.4. The fourth-order valence-corrected chi connectivity index (χ4v) is 14.5. The summed E-state index contributed by atoms with van der Waals surface area (Å²) in [5.41, 5.74) is 13.8. The van der Waals surface area contributed by atoms with Crippen molar-refractivity contribution in [3.05, 3.63) is 93.3 Å². The lowest BCUT2D eigenvalue weighted by Gasteiger charge is -2.22. The Labute approximate surface area is 548 Å². The Bertz CT molecular complexity index is 3750. The number of aromatic nitrogens is 2. The second-order valence-electron chi connectivity index (χ2n) is 20.6. The Morgan fingerprint density at radius 3 is 2.34 bits per heavy atom. The van der Waals surface area contributed by atoms with E-state index in [1.807, 2.05) is 20.8 Å². The van der Waals surface area contributed by atoms with Gasteiger partial charge < -0.3 is 89.8 Å². The number of carbonyl (C=O) groups excluding carboxylic acids is 3. The molecule has 3 unspecified atom stereocenters. The average molecular weight is 1440 g/mol. The number of carboxylic acid groups (broad SMARTS) is 1. The van der Waals surface area contributed by atoms with Crippen molar-refractivity contribution in [3.63, 3.8) is 0 Å². The van der Waals surface area contributed by atoms with Gasteiger partial charge in [0.1, 0.15) is 35.4 Å². The molecule has 12 N–H and O–H groups in total. The van der Waals surface area contributed by atoms with Gasteiger partial charge in [0.05, 0.1) is 74.7 Å². The number of fused-ring (bicyclic) bond motifs is 2. The maximum absolute atomic E-state index is 13.4. The molecule has 31 nitrogen and oxygen atoms in total. The van der Waals surface area contributed by atoms with E-state index in [2.05, 4.69) is 36.1 Å². The van der Waals surface area contributed by atoms with Gasteiger partial charge in [0, 0.05) is 83.4 Å². The van der Waals surface area contributed by atoms with E-state index in [1.54, 1.807) is 47.2 Å². The summed E-state index contributed by atoms with van der Waals surface area (Å²) in [5, 5.41) is 24.2. The average Bonchev–Trinajstić information content (AvgIpc) is 1.22. The Morgan fingerprint density at radius 2 is 1.60 bits per heavy atom. The first-order valence-corrected chi connectivity index (χ1v) is 37.7. The van der Waals surface area contributed by atoms with Crippen LogP contribution in [0, 0.1) is 17.3 Å². The summed E-state index contributed by atoms with van der Waals surface area (Å²) >= 11 is 5.32. The van der Waals surface area contributed by atoms with Crippen molar-refractivity contribution in [2.24, 2.45) is 0 Å². The van der Waals surface area contributed by atoms with Crippen LogP contribution >= 0.6 is 45.1 Å². The first kappa shape index (κ1) is 76.3. The van der Waals surface area contributed by atoms with Gasteiger partial charge in [-0.3, -0.25) is 13.9 Å². The van der Waals surface area contributed by atoms with Crippen molar-refractivity contribution in [2.45, 2.75) is 82.5 Å². The van der Waals surface area contributed by atoms with Gasteiger partial charge in [-0.1, -0.05) is 55.9 Å². The summed E-state index contributed by atoms with van der Waals surface area (Å²) in [6.45, 7) is 6.75. The topological polar surface area (TPSA) is 461 Å². The molecule has 0 radical (unpaired) electrons. The second kappa shape index (κ2) is 36.4. The maximum Gasteiger partial charge on any atom is 0.490 e. The molecule has 6 atom stereocenters. The molecule has 0 saturated carbocycles. The van der Waals surface area contributed by atoms with Crippen LogP contribution in [-0.2, 0) is 80.6 Å². The van der Waals surface area contributed by atoms with Gasteiger partial charge >= 0.3 is 47.3 Å². The summed E-state index contributed by atoms with van der Waals surface area (Å²) < 4.78 is 93.5. The molecule has 38 heteroatoms. The number of ether oxygens (including phenoxy) is 7. The fraction of sp³-hybridized carbons (Fsp3) is 0.473. The van der Waals surface area contributed by atoms with Crippen LogP contribution in [0.25, 0.3) is 33.4 Å². The van der Waals surface area contributed by atoms with Crippen molar-refractivity contribution in [1.82, 2.24) is 20.2 Å². The number of unbranched alkanes of at least 4 members (excludes halogenated alkanes) is 1. The predicted molar refractivity (Wildman–Crippen MR) is 346 cm³/mol. The number of carboxylic acids is 1. The van der Waals surface area contributed by atoms with E-state index in [0.717, 1.165) is 4.57 Å². The van der Waals surface area contributed by atoms with Crippen LogP contribution in [0.15, 0.2) is 70.0 Å². The highest BCUT2D eigenvalue weighted by Crippen LogP contribution is 2.66. The molecule has 2 amide bonds. The van der Waals surface area contributed by atoms with Crippen LogP contribution in [0.3, 0.4) is 0 Å². The number of benzene rings is 3. The predicted octanol–water partition coefficient (Wildman–Crippen LogP) is 6.98. The molecule has 6 rings (SSSR count). The molecule has 2 aromatic carbocycles. The molecule has 1 fully saturated rings. The zero-order chi connectivity index (χ0) is 67.9. The Balaban J connectivity index is 0.779. The molecular weight excluding hydrogens is 1360 g/mol. The quantitative estimate of drug-likeness (QED) is 0.00278. The third-order valence-electron chi connectivity index (χ3n) is 13.0. The highest BCUT2D eigenvalue weighted by molar-refractivity contribution is 8.77. The molecule has 0 bridgehead atoms. The number of nitrogens with two attached hydrogens (primary N) is 2. The van der Waals surface area contributed by atoms with E-state index < -0.39 is 81.8 Å². The van der Waals surface area contributed by atoms with Gasteiger partial charge in [0.2, 0.25) is 0 Å². The van der Waals surface area contributed by atoms with Crippen LogP contribution < -0.4 is 33.1 Å². The Hall–Kier alpha value is -5.67. The van der Waals surface area contributed by atoms with Gasteiger partial charge in [-0.15, -0.1) is 0 Å². The molecule has 0 spiro atoms. The van der Waals surface area contributed by atoms with E-state index in [-0.39, 0.29) is 104 Å². The van der Waals surface area contributed by atoms with Crippen molar-refractivity contribution in [3.8, 4) is 34.3 Å². The zero-order valence-corrected chi connectivity index (χ0v) is 56.4. The summed E-state index contributed by atoms with van der Waals surface area (Å²) in [6.07, 6.45) is -1.24. The molecule has 3 heterocycles. The van der Waals surface area contributed by atoms with Crippen molar-refractivity contribution < 1.29 is 108 Å². The number of nitrogens with zero attached hydrogens (tertiary/aromatic N) is 2. The summed E-state index contributed by atoms with van der Waals surface area (Å²) in [4.78, 5) is 104. The third-order valence-corrected chi connectivity index (χ3v) is 21.9. The van der Waals surface area contributed by atoms with Crippen molar-refractivity contribution in [1.29, 1.82) is 5.41 Å². The first-order chi connectivity index (χ1) is 44.0. The van der Waals surface area contributed by atoms with E-state index in [9.17, 15) is 52.6 Å². The van der Waals surface area contributed by atoms with Crippen LogP contribution in [0.4, 0.5) is 21.1 Å². The number of Topliss-reactive ketones (excluding diaryl/α,β-unsaturated/α-hetero) is 1. The number of nitrogen functional groups attached to an aromatic ring is 2. The van der Waals surface area contributed by atoms with Crippen LogP contribution in [0.1, 0.15) is 91.8 Å². The van der Waals surface area contributed by atoms with Crippen molar-refractivity contribution in [2.75, 3.05) is 95.0 Å². The standard InChI is InChI=1S/C55H72N7O24P3S4/c1-4-93(90)34-81-46-30-48(84-47(46)32-82-88(72,73)86-89(74,75)85-87(69,70)71)62-31-36(50(58)61-52(62)66)9-7-18-59-53(67)79-22-6-5-20-78-33-91-92-55(2,3)17-23-80-54(68)60-19-24-77-26-25-76-21-8-10-43(63)35-11-14-39(51(64)65)42(27-35)49-40-15-12-37(56)28-44(40)83-45-29-38(57)13-16-41(45)49/h11-16,27-29,31,46-48,56H,4-6,8,10,17-26,30,32-34,57H2,1-3H3,(H,59,67)(H,60,68)(H,64,65)(H,72,73)(H,74,75)(H2,58,61,66)(H2,69,70,71)/t46-,47-,48-,93?/m1/s1. The molecule has 1 aromatic heterocycles. The number of aromatic carboxylic acids is 1. The SMILES string of the molecule is CCS(=S)CO[C@@H]1C[C@H](n2cc(C#CCNC(=O)OCCCCOCSSC(C)(C)CCOC(=O)NCCOCCOCCCC(=O)c3ccc(C(=O)O)c(-c4c5ccc(=N)cc-5oc5cc(N)ccc45)c3)c(N)nc2=O)O[C@@H]1COP(=O)(O)OP(=O)(O)OP(=O)(O)O. The summed E-state index contributed by atoms with van der Waals surface area (Å²) in [5.74, 6) is 5.15. The van der Waals surface area contributed by atoms with Gasteiger partial charge in [-0.05, 0) is 98.4 Å². The molecule has 1 aliphatic carbocycles. The second-order valence-corrected chi connectivity index (χ2v) is 31.1. The molecule has 93 heavy (non-hydrogen) atoms. The lowest BCUT2D eigenvalue weighted by Crippen LogP contribution is -2.30. The lowest BCUT2D eigenvalue weighted by atomic mass is 9.88.